The predicted molar refractivity (Wildman–Crippen MR) is 106 cm³/mol. The molecule has 1 fully saturated rings. The second-order valence-electron chi connectivity index (χ2n) is 5.80. The van der Waals surface area contributed by atoms with Gasteiger partial charge in [-0.1, -0.05) is 39.7 Å². The molecule has 0 aliphatic carbocycles. The van der Waals surface area contributed by atoms with Crippen molar-refractivity contribution in [3.05, 3.63) is 62.7 Å². The van der Waals surface area contributed by atoms with Crippen LogP contribution < -0.4 is 14.8 Å². The Kier molecular flexibility index (Phi) is 5.72. The van der Waals surface area contributed by atoms with Gasteiger partial charge in [0.1, 0.15) is 12.3 Å². The molecule has 0 spiro atoms. The van der Waals surface area contributed by atoms with E-state index in [2.05, 4.69) is 21.2 Å². The van der Waals surface area contributed by atoms with Crippen molar-refractivity contribution in [3.63, 3.8) is 0 Å². The SMILES string of the molecule is COc1cc(/C=C2/NC(=O)N(C)C2=O)cc(Cl)c1OCc1ccc(Br)cc1. The molecule has 8 heteroatoms. The first-order valence-electron chi connectivity index (χ1n) is 7.94. The number of carbonyl (C=O) groups is 2. The van der Waals surface area contributed by atoms with Crippen molar-refractivity contribution < 1.29 is 19.1 Å². The van der Waals surface area contributed by atoms with Crippen molar-refractivity contribution >= 4 is 45.5 Å². The summed E-state index contributed by atoms with van der Waals surface area (Å²) in [5.74, 6) is 0.422. The minimum atomic E-state index is -0.473. The molecule has 1 heterocycles. The van der Waals surface area contributed by atoms with Crippen LogP contribution in [0.3, 0.4) is 0 Å². The van der Waals surface area contributed by atoms with Crippen molar-refractivity contribution in [2.45, 2.75) is 6.61 Å². The molecule has 1 aliphatic rings. The monoisotopic (exact) mass is 450 g/mol. The van der Waals surface area contributed by atoms with Gasteiger partial charge in [-0.2, -0.15) is 0 Å². The van der Waals surface area contributed by atoms with Crippen molar-refractivity contribution in [1.29, 1.82) is 0 Å². The maximum Gasteiger partial charge on any atom is 0.328 e. The van der Waals surface area contributed by atoms with Crippen LogP contribution in [-0.4, -0.2) is 31.0 Å². The quantitative estimate of drug-likeness (QED) is 0.546. The van der Waals surface area contributed by atoms with Crippen molar-refractivity contribution in [2.24, 2.45) is 0 Å². The van der Waals surface area contributed by atoms with E-state index in [0.717, 1.165) is 14.9 Å². The molecule has 1 saturated heterocycles. The normalized spacial score (nSPS) is 15.3. The lowest BCUT2D eigenvalue weighted by Crippen LogP contribution is -2.25. The Morgan fingerprint density at radius 3 is 2.52 bits per heavy atom. The first kappa shape index (κ1) is 19.3. The molecule has 3 amide bonds. The minimum Gasteiger partial charge on any atom is -0.493 e. The summed E-state index contributed by atoms with van der Waals surface area (Å²) < 4.78 is 12.2. The number of hydrogen-bond acceptors (Lipinski definition) is 4. The number of nitrogens with one attached hydrogen (secondary N) is 1. The van der Waals surface area contributed by atoms with Gasteiger partial charge in [-0.25, -0.2) is 4.79 Å². The van der Waals surface area contributed by atoms with Gasteiger partial charge in [-0.05, 0) is 41.5 Å². The zero-order valence-electron chi connectivity index (χ0n) is 14.6. The van der Waals surface area contributed by atoms with Crippen LogP contribution in [0.1, 0.15) is 11.1 Å². The van der Waals surface area contributed by atoms with E-state index in [-0.39, 0.29) is 5.70 Å². The van der Waals surface area contributed by atoms with E-state index < -0.39 is 11.9 Å². The lowest BCUT2D eigenvalue weighted by molar-refractivity contribution is -0.121. The van der Waals surface area contributed by atoms with Gasteiger partial charge in [0, 0.05) is 11.5 Å². The highest BCUT2D eigenvalue weighted by Gasteiger charge is 2.30. The summed E-state index contributed by atoms with van der Waals surface area (Å²) in [6.45, 7) is 0.323. The minimum absolute atomic E-state index is 0.171. The number of urea groups is 1. The molecule has 0 atom stereocenters. The van der Waals surface area contributed by atoms with Crippen LogP contribution in [0, 0.1) is 0 Å². The molecule has 6 nitrogen and oxygen atoms in total. The smallest absolute Gasteiger partial charge is 0.328 e. The van der Waals surface area contributed by atoms with Crippen molar-refractivity contribution in [1.82, 2.24) is 10.2 Å². The van der Waals surface area contributed by atoms with Gasteiger partial charge < -0.3 is 14.8 Å². The van der Waals surface area contributed by atoms with Crippen molar-refractivity contribution in [3.8, 4) is 11.5 Å². The van der Waals surface area contributed by atoms with Gasteiger partial charge >= 0.3 is 6.03 Å². The van der Waals surface area contributed by atoms with Crippen LogP contribution in [-0.2, 0) is 11.4 Å². The number of benzene rings is 2. The number of likely N-dealkylation sites (N-methyl/N-ethyl adjacent to an activating group) is 1. The first-order chi connectivity index (χ1) is 12.9. The topological polar surface area (TPSA) is 67.9 Å². The highest BCUT2D eigenvalue weighted by atomic mass is 79.9. The lowest BCUT2D eigenvalue weighted by Gasteiger charge is -2.13. The molecule has 27 heavy (non-hydrogen) atoms. The molecule has 3 rings (SSSR count). The summed E-state index contributed by atoms with van der Waals surface area (Å²) in [5.41, 5.74) is 1.75. The number of carbonyl (C=O) groups excluding carboxylic acids is 2. The van der Waals surface area contributed by atoms with E-state index in [4.69, 9.17) is 21.1 Å². The highest BCUT2D eigenvalue weighted by Crippen LogP contribution is 2.37. The van der Waals surface area contributed by atoms with Crippen LogP contribution in [0.4, 0.5) is 4.79 Å². The van der Waals surface area contributed by atoms with Gasteiger partial charge in [-0.15, -0.1) is 0 Å². The molecule has 0 radical (unpaired) electrons. The fourth-order valence-corrected chi connectivity index (χ4v) is 3.03. The molecule has 1 N–H and O–H groups in total. The molecular formula is C19H16BrClN2O4. The van der Waals surface area contributed by atoms with E-state index in [0.29, 0.717) is 28.7 Å². The summed E-state index contributed by atoms with van der Waals surface area (Å²) in [5, 5.41) is 2.84. The summed E-state index contributed by atoms with van der Waals surface area (Å²) in [4.78, 5) is 24.5. The first-order valence-corrected chi connectivity index (χ1v) is 9.11. The van der Waals surface area contributed by atoms with Gasteiger partial charge in [0.25, 0.3) is 5.91 Å². The Balaban J connectivity index is 1.84. The van der Waals surface area contributed by atoms with Gasteiger partial charge in [-0.3, -0.25) is 9.69 Å². The molecule has 0 unspecified atom stereocenters. The highest BCUT2D eigenvalue weighted by molar-refractivity contribution is 9.10. The van der Waals surface area contributed by atoms with E-state index in [9.17, 15) is 9.59 Å². The number of rotatable bonds is 5. The zero-order valence-corrected chi connectivity index (χ0v) is 16.9. The molecule has 1 aliphatic heterocycles. The average Bonchev–Trinajstić information content (AvgIpc) is 2.88. The Morgan fingerprint density at radius 1 is 1.22 bits per heavy atom. The van der Waals surface area contributed by atoms with E-state index in [1.54, 1.807) is 12.1 Å². The summed E-state index contributed by atoms with van der Waals surface area (Å²) in [6.07, 6.45) is 1.54. The van der Waals surface area contributed by atoms with Crippen LogP contribution in [0.25, 0.3) is 6.08 Å². The van der Waals surface area contributed by atoms with Crippen LogP contribution in [0.5, 0.6) is 11.5 Å². The Hall–Kier alpha value is -2.51. The van der Waals surface area contributed by atoms with Gasteiger partial charge in [0.2, 0.25) is 0 Å². The standard InChI is InChI=1S/C19H16BrClN2O4/c1-23-18(24)15(22-19(23)25)8-12-7-14(21)17(16(9-12)26-2)27-10-11-3-5-13(20)6-4-11/h3-9H,10H2,1-2H3,(H,22,25)/b15-8+. The second kappa shape index (κ2) is 8.02. The van der Waals surface area contributed by atoms with Gasteiger partial charge in [0.05, 0.1) is 12.1 Å². The number of methoxy groups -OCH3 is 1. The van der Waals surface area contributed by atoms with Crippen LogP contribution >= 0.6 is 27.5 Å². The lowest BCUT2D eigenvalue weighted by atomic mass is 10.1. The summed E-state index contributed by atoms with van der Waals surface area (Å²) >= 11 is 9.75. The Morgan fingerprint density at radius 2 is 1.93 bits per heavy atom. The molecule has 2 aromatic rings. The third-order valence-electron chi connectivity index (χ3n) is 3.94. The van der Waals surface area contributed by atoms with E-state index in [1.807, 2.05) is 24.3 Å². The maximum atomic E-state index is 12.0. The van der Waals surface area contributed by atoms with E-state index in [1.165, 1.54) is 20.2 Å². The third-order valence-corrected chi connectivity index (χ3v) is 4.75. The molecule has 0 saturated carbocycles. The third kappa shape index (κ3) is 4.26. The molecule has 140 valence electrons. The zero-order chi connectivity index (χ0) is 19.6. The van der Waals surface area contributed by atoms with Crippen LogP contribution in [0.15, 0.2) is 46.6 Å². The number of nitrogens with zero attached hydrogens (tertiary/aromatic N) is 1. The van der Waals surface area contributed by atoms with E-state index >= 15 is 0 Å². The molecule has 0 aromatic heterocycles. The largest absolute Gasteiger partial charge is 0.493 e. The van der Waals surface area contributed by atoms with Gasteiger partial charge in [0.15, 0.2) is 11.5 Å². The molecule has 0 bridgehead atoms. The number of halogens is 2. The fraction of sp³-hybridized carbons (Fsp3) is 0.158. The number of imide groups is 1. The number of ether oxygens (including phenoxy) is 2. The fourth-order valence-electron chi connectivity index (χ4n) is 2.49. The molecular weight excluding hydrogens is 436 g/mol. The summed E-state index contributed by atoms with van der Waals surface area (Å²) in [7, 11) is 2.91. The summed E-state index contributed by atoms with van der Waals surface area (Å²) in [6, 6.07) is 10.6. The van der Waals surface area contributed by atoms with Crippen LogP contribution in [0.2, 0.25) is 5.02 Å². The maximum absolute atomic E-state index is 12.0. The Bertz CT molecular complexity index is 928. The number of amides is 3. The van der Waals surface area contributed by atoms with Crippen molar-refractivity contribution in [2.75, 3.05) is 14.2 Å². The second-order valence-corrected chi connectivity index (χ2v) is 7.12. The number of hydrogen-bond donors (Lipinski definition) is 1. The molecule has 2 aromatic carbocycles. The Labute approximate surface area is 169 Å². The predicted octanol–water partition coefficient (Wildman–Crippen LogP) is 4.21. The average molecular weight is 452 g/mol.